The summed E-state index contributed by atoms with van der Waals surface area (Å²) in [5.74, 6) is 0. The first kappa shape index (κ1) is 17.0. The second-order valence-electron chi connectivity index (χ2n) is 6.36. The summed E-state index contributed by atoms with van der Waals surface area (Å²) in [4.78, 5) is 3.89. The van der Waals surface area contributed by atoms with Crippen LogP contribution in [0.2, 0.25) is 5.02 Å². The minimum absolute atomic E-state index is 0.338. The summed E-state index contributed by atoms with van der Waals surface area (Å²) in [6.45, 7) is 7.05. The van der Waals surface area contributed by atoms with Crippen molar-refractivity contribution in [2.24, 2.45) is 0 Å². The van der Waals surface area contributed by atoms with Crippen molar-refractivity contribution in [2.75, 3.05) is 39.3 Å². The lowest BCUT2D eigenvalue weighted by Crippen LogP contribution is -3.13. The number of hydrogen-bond acceptors (Lipinski definition) is 2. The molecule has 126 valence electrons. The zero-order valence-corrected chi connectivity index (χ0v) is 15.0. The molecule has 0 aromatic heterocycles. The second kappa shape index (κ2) is 8.29. The molecule has 0 unspecified atom stereocenters. The highest BCUT2D eigenvalue weighted by atomic mass is 35.5. The van der Waals surface area contributed by atoms with E-state index in [2.05, 4.69) is 22.3 Å². The quantitative estimate of drug-likeness (QED) is 0.792. The van der Waals surface area contributed by atoms with E-state index in [9.17, 15) is 0 Å². The molecular formula is C17H25ClN3OS+. The average Bonchev–Trinajstić information content (AvgIpc) is 3.09. The molecule has 2 N–H and O–H groups in total. The molecule has 6 heteroatoms. The van der Waals surface area contributed by atoms with Crippen LogP contribution in [-0.2, 0) is 11.3 Å². The molecule has 2 aliphatic heterocycles. The smallest absolute Gasteiger partial charge is 0.169 e. The maximum absolute atomic E-state index is 5.94. The first-order valence-electron chi connectivity index (χ1n) is 8.43. The topological polar surface area (TPSA) is 28.9 Å². The molecule has 1 aromatic rings. The van der Waals surface area contributed by atoms with E-state index in [1.165, 1.54) is 12.0 Å². The van der Waals surface area contributed by atoms with Gasteiger partial charge in [-0.05, 0) is 37.2 Å². The maximum Gasteiger partial charge on any atom is 0.169 e. The molecule has 4 nitrogen and oxygen atoms in total. The van der Waals surface area contributed by atoms with Gasteiger partial charge in [-0.25, -0.2) is 0 Å². The Balaban J connectivity index is 1.39. The molecule has 0 radical (unpaired) electrons. The van der Waals surface area contributed by atoms with Gasteiger partial charge in [0.1, 0.15) is 6.54 Å². The molecule has 0 saturated carbocycles. The van der Waals surface area contributed by atoms with Crippen molar-refractivity contribution in [1.82, 2.24) is 10.2 Å². The van der Waals surface area contributed by atoms with E-state index in [0.29, 0.717) is 6.10 Å². The van der Waals surface area contributed by atoms with Crippen LogP contribution in [0.5, 0.6) is 0 Å². The van der Waals surface area contributed by atoms with E-state index in [0.717, 1.165) is 62.4 Å². The van der Waals surface area contributed by atoms with Crippen LogP contribution in [-0.4, -0.2) is 55.4 Å². The molecule has 2 saturated heterocycles. The number of piperazine rings is 1. The monoisotopic (exact) mass is 354 g/mol. The highest BCUT2D eigenvalue weighted by Crippen LogP contribution is 2.11. The maximum atomic E-state index is 5.94. The highest BCUT2D eigenvalue weighted by molar-refractivity contribution is 7.80. The predicted molar refractivity (Wildman–Crippen MR) is 97.0 cm³/mol. The number of hydrogen-bond donors (Lipinski definition) is 2. The van der Waals surface area contributed by atoms with Crippen LogP contribution in [0.1, 0.15) is 18.4 Å². The van der Waals surface area contributed by atoms with Crippen molar-refractivity contribution in [3.8, 4) is 0 Å². The van der Waals surface area contributed by atoms with Crippen LogP contribution < -0.4 is 10.2 Å². The molecule has 0 aliphatic carbocycles. The van der Waals surface area contributed by atoms with Crippen molar-refractivity contribution in [3.63, 3.8) is 0 Å². The minimum atomic E-state index is 0.338. The van der Waals surface area contributed by atoms with Crippen molar-refractivity contribution >= 4 is 28.9 Å². The van der Waals surface area contributed by atoms with E-state index in [1.54, 1.807) is 4.90 Å². The zero-order chi connectivity index (χ0) is 16.1. The van der Waals surface area contributed by atoms with Gasteiger partial charge in [-0.2, -0.15) is 0 Å². The van der Waals surface area contributed by atoms with Crippen molar-refractivity contribution in [3.05, 3.63) is 34.9 Å². The van der Waals surface area contributed by atoms with E-state index < -0.39 is 0 Å². The Morgan fingerprint density at radius 3 is 2.70 bits per heavy atom. The molecular weight excluding hydrogens is 330 g/mol. The van der Waals surface area contributed by atoms with E-state index >= 15 is 0 Å². The fraction of sp³-hybridized carbons (Fsp3) is 0.588. The Morgan fingerprint density at radius 1 is 1.30 bits per heavy atom. The number of benzene rings is 1. The number of thiocarbonyl (C=S) groups is 1. The van der Waals surface area contributed by atoms with Crippen LogP contribution >= 0.6 is 23.8 Å². The van der Waals surface area contributed by atoms with Gasteiger partial charge in [0.25, 0.3) is 0 Å². The van der Waals surface area contributed by atoms with Gasteiger partial charge in [-0.3, -0.25) is 0 Å². The summed E-state index contributed by atoms with van der Waals surface area (Å²) < 4.78 is 5.63. The Bertz CT molecular complexity index is 511. The van der Waals surface area contributed by atoms with Crippen LogP contribution in [0.25, 0.3) is 0 Å². The summed E-state index contributed by atoms with van der Waals surface area (Å²) in [5, 5.41) is 5.06. The minimum Gasteiger partial charge on any atom is -0.376 e. The summed E-state index contributed by atoms with van der Waals surface area (Å²) in [6.07, 6.45) is 2.66. The summed E-state index contributed by atoms with van der Waals surface area (Å²) in [5.41, 5.74) is 1.34. The standard InChI is InChI=1S/C17H24ClN3OS/c18-15-5-3-14(4-6-15)13-20-7-9-21(10-8-20)17(23)19-12-16-2-1-11-22-16/h3-6,16H,1-2,7-13H2,(H,19,23)/p+1/t16-/m1/s1. The molecule has 0 spiro atoms. The molecule has 2 fully saturated rings. The van der Waals surface area contributed by atoms with Gasteiger partial charge < -0.3 is 19.9 Å². The lowest BCUT2D eigenvalue weighted by molar-refractivity contribution is -0.917. The van der Waals surface area contributed by atoms with Gasteiger partial charge in [0, 0.05) is 23.7 Å². The Kier molecular flexibility index (Phi) is 6.11. The number of rotatable bonds is 4. The SMILES string of the molecule is S=C(NC[C@H]1CCCO1)N1CC[NH+](Cc2ccc(Cl)cc2)CC1. The number of nitrogens with zero attached hydrogens (tertiary/aromatic N) is 1. The predicted octanol–water partition coefficient (Wildman–Crippen LogP) is 1.09. The Morgan fingerprint density at radius 2 is 2.04 bits per heavy atom. The summed E-state index contributed by atoms with van der Waals surface area (Å²) in [7, 11) is 0. The first-order chi connectivity index (χ1) is 11.2. The van der Waals surface area contributed by atoms with Crippen molar-refractivity contribution in [1.29, 1.82) is 0 Å². The molecule has 23 heavy (non-hydrogen) atoms. The zero-order valence-electron chi connectivity index (χ0n) is 13.4. The largest absolute Gasteiger partial charge is 0.376 e. The third-order valence-electron chi connectivity index (χ3n) is 4.63. The van der Waals surface area contributed by atoms with Gasteiger partial charge >= 0.3 is 0 Å². The van der Waals surface area contributed by atoms with E-state index in [4.69, 9.17) is 28.6 Å². The second-order valence-corrected chi connectivity index (χ2v) is 7.18. The van der Waals surface area contributed by atoms with Crippen LogP contribution in [0.15, 0.2) is 24.3 Å². The number of ether oxygens (including phenoxy) is 1. The third-order valence-corrected chi connectivity index (χ3v) is 5.28. The number of quaternary nitrogens is 1. The van der Waals surface area contributed by atoms with Crippen LogP contribution in [0.3, 0.4) is 0 Å². The third kappa shape index (κ3) is 5.05. The number of halogens is 1. The molecule has 0 amide bonds. The molecule has 2 aliphatic rings. The van der Waals surface area contributed by atoms with Gasteiger partial charge in [0.2, 0.25) is 0 Å². The Hall–Kier alpha value is -0.880. The molecule has 1 atom stereocenters. The van der Waals surface area contributed by atoms with Gasteiger partial charge in [0.15, 0.2) is 5.11 Å². The van der Waals surface area contributed by atoms with E-state index in [-0.39, 0.29) is 0 Å². The first-order valence-corrected chi connectivity index (χ1v) is 9.22. The van der Waals surface area contributed by atoms with Gasteiger partial charge in [-0.15, -0.1) is 0 Å². The highest BCUT2D eigenvalue weighted by Gasteiger charge is 2.23. The molecule has 1 aromatic carbocycles. The van der Waals surface area contributed by atoms with Crippen molar-refractivity contribution in [2.45, 2.75) is 25.5 Å². The van der Waals surface area contributed by atoms with Gasteiger partial charge in [-0.1, -0.05) is 23.7 Å². The van der Waals surface area contributed by atoms with Crippen LogP contribution in [0.4, 0.5) is 0 Å². The normalized spacial score (nSPS) is 22.3. The fourth-order valence-electron chi connectivity index (χ4n) is 3.21. The van der Waals surface area contributed by atoms with Gasteiger partial charge in [0.05, 0.1) is 32.3 Å². The molecule has 2 heterocycles. The average molecular weight is 355 g/mol. The molecule has 0 bridgehead atoms. The Labute approximate surface area is 148 Å². The van der Waals surface area contributed by atoms with Crippen LogP contribution in [0, 0.1) is 0 Å². The number of nitrogens with one attached hydrogen (secondary N) is 2. The molecule has 3 rings (SSSR count). The summed E-state index contributed by atoms with van der Waals surface area (Å²) in [6, 6.07) is 8.18. The fourth-order valence-corrected chi connectivity index (χ4v) is 3.60. The lowest BCUT2D eigenvalue weighted by atomic mass is 10.2. The lowest BCUT2D eigenvalue weighted by Gasteiger charge is -2.34. The van der Waals surface area contributed by atoms with E-state index in [1.807, 2.05) is 12.1 Å². The van der Waals surface area contributed by atoms with Crippen molar-refractivity contribution < 1.29 is 9.64 Å². The summed E-state index contributed by atoms with van der Waals surface area (Å²) >= 11 is 11.5.